The van der Waals surface area contributed by atoms with E-state index in [2.05, 4.69) is 15.1 Å². The topological polar surface area (TPSA) is 63.4 Å². The van der Waals surface area contributed by atoms with Crippen LogP contribution in [0.25, 0.3) is 5.78 Å². The Balaban J connectivity index is 1.98. The summed E-state index contributed by atoms with van der Waals surface area (Å²) in [5.74, 6) is 1.34. The molecule has 1 aromatic carbocycles. The summed E-state index contributed by atoms with van der Waals surface area (Å²) in [5.41, 5.74) is 3.48. The van der Waals surface area contributed by atoms with Crippen molar-refractivity contribution in [2.45, 2.75) is 47.6 Å². The molecule has 0 fully saturated rings. The van der Waals surface area contributed by atoms with Gasteiger partial charge in [0.2, 0.25) is 5.91 Å². The number of rotatable bonds is 5. The number of hydrogen-bond acceptors (Lipinski definition) is 4. The van der Waals surface area contributed by atoms with E-state index in [9.17, 15) is 4.79 Å². The molecule has 2 aromatic heterocycles. The fraction of sp³-hybridized carbons (Fsp3) is 0.400. The number of nitrogens with zero attached hydrogens (tertiary/aromatic N) is 5. The third-order valence-corrected chi connectivity index (χ3v) is 4.93. The first kappa shape index (κ1) is 19.3. The van der Waals surface area contributed by atoms with E-state index in [0.717, 1.165) is 16.9 Å². The Hall–Kier alpha value is -2.47. The quantitative estimate of drug-likeness (QED) is 0.657. The summed E-state index contributed by atoms with van der Waals surface area (Å²) >= 11 is 6.27. The van der Waals surface area contributed by atoms with Crippen molar-refractivity contribution in [3.63, 3.8) is 0 Å². The van der Waals surface area contributed by atoms with Gasteiger partial charge in [-0.3, -0.25) is 4.79 Å². The van der Waals surface area contributed by atoms with Crippen LogP contribution in [0.3, 0.4) is 0 Å². The maximum atomic E-state index is 12.9. The van der Waals surface area contributed by atoms with Crippen LogP contribution in [0.5, 0.6) is 0 Å². The van der Waals surface area contributed by atoms with Crippen molar-refractivity contribution in [2.24, 2.45) is 5.92 Å². The Morgan fingerprint density at radius 1 is 1.15 bits per heavy atom. The van der Waals surface area contributed by atoms with Gasteiger partial charge < -0.3 is 4.90 Å². The molecular weight excluding hydrogens is 362 g/mol. The molecule has 0 spiro atoms. The molecule has 0 aliphatic heterocycles. The lowest BCUT2D eigenvalue weighted by molar-refractivity contribution is -0.119. The highest BCUT2D eigenvalue weighted by Crippen LogP contribution is 2.22. The minimum Gasteiger partial charge on any atom is -0.305 e. The minimum atomic E-state index is 0.0478. The second-order valence-corrected chi connectivity index (χ2v) is 7.63. The Morgan fingerprint density at radius 3 is 2.44 bits per heavy atom. The molecule has 27 heavy (non-hydrogen) atoms. The van der Waals surface area contributed by atoms with Crippen LogP contribution in [0.2, 0.25) is 5.02 Å². The van der Waals surface area contributed by atoms with Gasteiger partial charge in [0, 0.05) is 12.1 Å². The number of fused-ring (bicyclic) bond motifs is 1. The molecule has 7 heteroatoms. The van der Waals surface area contributed by atoms with Crippen molar-refractivity contribution in [3.05, 3.63) is 52.1 Å². The standard InChI is InChI=1S/C20H24ClN5O/c1-12(2)10-18(27)25(16-8-6-13(3)7-9-16)11-17-23-20-22-14(4)19(21)15(5)26(20)24-17/h6-9,12H,10-11H2,1-5H3. The summed E-state index contributed by atoms with van der Waals surface area (Å²) in [6.07, 6.45) is 0.462. The van der Waals surface area contributed by atoms with Crippen LogP contribution >= 0.6 is 11.6 Å². The van der Waals surface area contributed by atoms with Gasteiger partial charge >= 0.3 is 0 Å². The SMILES string of the molecule is Cc1ccc(N(Cc2nc3nc(C)c(Cl)c(C)n3n2)C(=O)CC(C)C)cc1. The van der Waals surface area contributed by atoms with E-state index >= 15 is 0 Å². The summed E-state index contributed by atoms with van der Waals surface area (Å²) in [6, 6.07) is 7.90. The van der Waals surface area contributed by atoms with Crippen LogP contribution in [0.15, 0.2) is 24.3 Å². The first-order chi connectivity index (χ1) is 12.8. The van der Waals surface area contributed by atoms with Crippen molar-refractivity contribution >= 4 is 29.0 Å². The van der Waals surface area contributed by atoms with E-state index in [0.29, 0.717) is 28.7 Å². The van der Waals surface area contributed by atoms with Crippen molar-refractivity contribution in [1.29, 1.82) is 0 Å². The van der Waals surface area contributed by atoms with E-state index in [-0.39, 0.29) is 18.4 Å². The lowest BCUT2D eigenvalue weighted by Gasteiger charge is -2.22. The van der Waals surface area contributed by atoms with Gasteiger partial charge in [-0.25, -0.2) is 4.98 Å². The van der Waals surface area contributed by atoms with Crippen LogP contribution in [0, 0.1) is 26.7 Å². The predicted octanol–water partition coefficient (Wildman–Crippen LogP) is 4.28. The second kappa shape index (κ2) is 7.64. The molecule has 2 heterocycles. The normalized spacial score (nSPS) is 11.4. The molecule has 3 rings (SSSR count). The zero-order chi connectivity index (χ0) is 19.7. The molecule has 0 saturated carbocycles. The molecule has 3 aromatic rings. The average Bonchev–Trinajstić information content (AvgIpc) is 3.00. The number of carbonyl (C=O) groups excluding carboxylic acids is 1. The highest BCUT2D eigenvalue weighted by Gasteiger charge is 2.20. The summed E-state index contributed by atoms with van der Waals surface area (Å²) in [5, 5.41) is 5.10. The molecular formula is C20H24ClN5O. The number of anilines is 1. The van der Waals surface area contributed by atoms with Crippen molar-refractivity contribution in [3.8, 4) is 0 Å². The number of amides is 1. The van der Waals surface area contributed by atoms with Crippen LogP contribution < -0.4 is 4.90 Å². The molecule has 1 amide bonds. The van der Waals surface area contributed by atoms with Crippen LogP contribution in [0.1, 0.15) is 43.0 Å². The van der Waals surface area contributed by atoms with Crippen LogP contribution in [-0.2, 0) is 11.3 Å². The Bertz CT molecular complexity index is 978. The maximum Gasteiger partial charge on any atom is 0.253 e. The van der Waals surface area contributed by atoms with Gasteiger partial charge in [0.05, 0.1) is 23.0 Å². The van der Waals surface area contributed by atoms with Gasteiger partial charge in [0.25, 0.3) is 5.78 Å². The molecule has 0 aliphatic rings. The molecule has 0 saturated heterocycles. The first-order valence-corrected chi connectivity index (χ1v) is 9.39. The van der Waals surface area contributed by atoms with Crippen LogP contribution in [0.4, 0.5) is 5.69 Å². The third kappa shape index (κ3) is 4.11. The maximum absolute atomic E-state index is 12.9. The zero-order valence-electron chi connectivity index (χ0n) is 16.3. The smallest absolute Gasteiger partial charge is 0.253 e. The zero-order valence-corrected chi connectivity index (χ0v) is 17.1. The van der Waals surface area contributed by atoms with Gasteiger partial charge in [0.1, 0.15) is 0 Å². The highest BCUT2D eigenvalue weighted by atomic mass is 35.5. The second-order valence-electron chi connectivity index (χ2n) is 7.25. The molecule has 0 aliphatic carbocycles. The van der Waals surface area contributed by atoms with Gasteiger partial charge in [0.15, 0.2) is 5.82 Å². The van der Waals surface area contributed by atoms with Crippen molar-refractivity contribution in [2.75, 3.05) is 4.90 Å². The fourth-order valence-corrected chi connectivity index (χ4v) is 3.03. The fourth-order valence-electron chi connectivity index (χ4n) is 2.91. The first-order valence-electron chi connectivity index (χ1n) is 9.01. The molecule has 0 atom stereocenters. The number of carbonyl (C=O) groups is 1. The molecule has 6 nitrogen and oxygen atoms in total. The summed E-state index contributed by atoms with van der Waals surface area (Å²) in [7, 11) is 0. The molecule has 0 unspecified atom stereocenters. The van der Waals surface area contributed by atoms with Crippen molar-refractivity contribution < 1.29 is 4.79 Å². The molecule has 0 bridgehead atoms. The summed E-state index contributed by atoms with van der Waals surface area (Å²) < 4.78 is 1.63. The monoisotopic (exact) mass is 385 g/mol. The van der Waals surface area contributed by atoms with E-state index in [1.54, 1.807) is 9.42 Å². The lowest BCUT2D eigenvalue weighted by Crippen LogP contribution is -2.31. The number of benzene rings is 1. The average molecular weight is 386 g/mol. The number of halogens is 1. The van der Waals surface area contributed by atoms with E-state index in [1.807, 2.05) is 58.9 Å². The predicted molar refractivity (Wildman–Crippen MR) is 107 cm³/mol. The molecule has 0 radical (unpaired) electrons. The van der Waals surface area contributed by atoms with Gasteiger partial charge in [-0.15, -0.1) is 5.10 Å². The highest BCUT2D eigenvalue weighted by molar-refractivity contribution is 6.31. The lowest BCUT2D eigenvalue weighted by atomic mass is 10.1. The molecule has 142 valence electrons. The van der Waals surface area contributed by atoms with Gasteiger partial charge in [-0.05, 0) is 38.8 Å². The largest absolute Gasteiger partial charge is 0.305 e. The minimum absolute atomic E-state index is 0.0478. The van der Waals surface area contributed by atoms with E-state index in [4.69, 9.17) is 11.6 Å². The Labute approximate surface area is 164 Å². The van der Waals surface area contributed by atoms with Crippen LogP contribution in [-0.4, -0.2) is 25.5 Å². The number of aromatic nitrogens is 4. The van der Waals surface area contributed by atoms with E-state index in [1.165, 1.54) is 0 Å². The molecule has 0 N–H and O–H groups in total. The van der Waals surface area contributed by atoms with E-state index < -0.39 is 0 Å². The summed E-state index contributed by atoms with van der Waals surface area (Å²) in [4.78, 5) is 23.5. The number of hydrogen-bond donors (Lipinski definition) is 0. The van der Waals surface area contributed by atoms with Crippen molar-refractivity contribution in [1.82, 2.24) is 19.6 Å². The summed E-state index contributed by atoms with van der Waals surface area (Å²) in [6.45, 7) is 10.1. The number of aryl methyl sites for hydroxylation is 3. The third-order valence-electron chi connectivity index (χ3n) is 4.38. The Morgan fingerprint density at radius 2 is 1.81 bits per heavy atom. The Kier molecular flexibility index (Phi) is 5.46. The van der Waals surface area contributed by atoms with Gasteiger partial charge in [-0.2, -0.15) is 9.50 Å². The van der Waals surface area contributed by atoms with Gasteiger partial charge in [-0.1, -0.05) is 43.1 Å².